The number of nitrogens with zero attached hydrogens (tertiary/aromatic N) is 2. The number of aryl methyl sites for hydroxylation is 1. The zero-order valence-corrected chi connectivity index (χ0v) is 20.1. The predicted molar refractivity (Wildman–Crippen MR) is 125 cm³/mol. The molecule has 1 fully saturated rings. The van der Waals surface area contributed by atoms with Gasteiger partial charge in [-0.3, -0.25) is 5.32 Å². The van der Waals surface area contributed by atoms with Crippen molar-refractivity contribution in [3.05, 3.63) is 27.5 Å². The van der Waals surface area contributed by atoms with Crippen LogP contribution in [0.4, 0.5) is 4.79 Å². The summed E-state index contributed by atoms with van der Waals surface area (Å²) < 4.78 is 0. The molecule has 160 valence electrons. The van der Waals surface area contributed by atoms with E-state index in [-0.39, 0.29) is 12.1 Å². The minimum atomic E-state index is -0.165. The van der Waals surface area contributed by atoms with Crippen LogP contribution in [-0.4, -0.2) is 42.9 Å². The average Bonchev–Trinajstić information content (AvgIpc) is 3.10. The highest BCUT2D eigenvalue weighted by molar-refractivity contribution is 7.11. The van der Waals surface area contributed by atoms with Gasteiger partial charge in [0.25, 0.3) is 0 Å². The molecule has 0 radical (unpaired) electrons. The molecule has 0 aromatic carbocycles. The van der Waals surface area contributed by atoms with Crippen molar-refractivity contribution >= 4 is 28.9 Å². The molecule has 2 N–H and O–H groups in total. The van der Waals surface area contributed by atoms with E-state index in [1.165, 1.54) is 5.56 Å². The Hall–Kier alpha value is -1.66. The fourth-order valence-electron chi connectivity index (χ4n) is 2.74. The van der Waals surface area contributed by atoms with Gasteiger partial charge >= 0.3 is 6.03 Å². The van der Waals surface area contributed by atoms with E-state index in [0.29, 0.717) is 5.84 Å². The summed E-state index contributed by atoms with van der Waals surface area (Å²) in [5.41, 5.74) is 3.29. The standard InChI is InChI=1S/C18H28N4OS.2C2H6/c1-12(2)16(17-13(3)8-11-24-17)19-14(4)20-18(23)21-15-6-9-22(5)10-7-15;2*1-2/h8,11,15H,6-7,9-10H2,1-5H3,(H2,19,20,21,23);2*1-2H3. The molecule has 0 bridgehead atoms. The Balaban J connectivity index is 0.00000171. The summed E-state index contributed by atoms with van der Waals surface area (Å²) in [6.07, 6.45) is 1.99. The fourth-order valence-corrected chi connectivity index (χ4v) is 3.76. The van der Waals surface area contributed by atoms with Gasteiger partial charge in [-0.1, -0.05) is 27.7 Å². The molecule has 2 rings (SSSR count). The SMILES string of the molecule is CC.CC.CC(=NC(=C(C)C)c1sccc1C)NC(=O)NC1CCN(C)CC1. The number of likely N-dealkylation sites (tertiary alicyclic amines) is 1. The highest BCUT2D eigenvalue weighted by Gasteiger charge is 2.18. The van der Waals surface area contributed by atoms with Crippen molar-refractivity contribution in [2.24, 2.45) is 4.99 Å². The number of rotatable bonds is 3. The number of carbonyl (C=O) groups is 1. The Bertz CT molecular complexity index is 637. The minimum Gasteiger partial charge on any atom is -0.335 e. The third kappa shape index (κ3) is 9.02. The summed E-state index contributed by atoms with van der Waals surface area (Å²) in [7, 11) is 2.11. The number of nitrogens with one attached hydrogen (secondary N) is 2. The van der Waals surface area contributed by atoms with Crippen LogP contribution < -0.4 is 10.6 Å². The van der Waals surface area contributed by atoms with Crippen molar-refractivity contribution in [2.45, 2.75) is 74.3 Å². The Morgan fingerprint density at radius 2 is 1.71 bits per heavy atom. The van der Waals surface area contributed by atoms with Crippen molar-refractivity contribution in [2.75, 3.05) is 20.1 Å². The van der Waals surface area contributed by atoms with Crippen LogP contribution >= 0.6 is 11.3 Å². The van der Waals surface area contributed by atoms with E-state index in [0.717, 1.165) is 42.1 Å². The molecule has 0 saturated carbocycles. The van der Waals surface area contributed by atoms with Crippen molar-refractivity contribution in [3.63, 3.8) is 0 Å². The second-order valence-electron chi connectivity index (χ2n) is 6.65. The van der Waals surface area contributed by atoms with Gasteiger partial charge in [-0.2, -0.15) is 0 Å². The Morgan fingerprint density at radius 3 is 2.18 bits per heavy atom. The lowest BCUT2D eigenvalue weighted by atomic mass is 10.1. The molecule has 2 heterocycles. The van der Waals surface area contributed by atoms with Gasteiger partial charge in [0.2, 0.25) is 0 Å². The van der Waals surface area contributed by atoms with Gasteiger partial charge in [0.05, 0.1) is 10.6 Å². The molecule has 1 aromatic rings. The van der Waals surface area contributed by atoms with Crippen molar-refractivity contribution in [3.8, 4) is 0 Å². The summed E-state index contributed by atoms with van der Waals surface area (Å²) in [4.78, 5) is 20.3. The lowest BCUT2D eigenvalue weighted by Crippen LogP contribution is -2.48. The molecule has 2 amide bonds. The number of hydrogen-bond donors (Lipinski definition) is 2. The topological polar surface area (TPSA) is 56.7 Å². The monoisotopic (exact) mass is 408 g/mol. The number of amidine groups is 1. The van der Waals surface area contributed by atoms with Crippen molar-refractivity contribution in [1.29, 1.82) is 0 Å². The maximum Gasteiger partial charge on any atom is 0.320 e. The first-order chi connectivity index (χ1) is 13.4. The Kier molecular flexibility index (Phi) is 13.5. The van der Waals surface area contributed by atoms with Crippen LogP contribution in [0.2, 0.25) is 0 Å². The third-order valence-electron chi connectivity index (χ3n) is 4.18. The molecule has 6 heteroatoms. The normalized spacial score (nSPS) is 14.8. The van der Waals surface area contributed by atoms with E-state index < -0.39 is 0 Å². The van der Waals surface area contributed by atoms with E-state index >= 15 is 0 Å². The average molecular weight is 409 g/mol. The lowest BCUT2D eigenvalue weighted by Gasteiger charge is -2.29. The molecule has 28 heavy (non-hydrogen) atoms. The number of hydrogen-bond acceptors (Lipinski definition) is 4. The minimum absolute atomic E-state index is 0.165. The summed E-state index contributed by atoms with van der Waals surface area (Å²) in [5.74, 6) is 0.615. The first-order valence-corrected chi connectivity index (χ1v) is 11.3. The third-order valence-corrected chi connectivity index (χ3v) is 5.20. The van der Waals surface area contributed by atoms with Crippen molar-refractivity contribution in [1.82, 2.24) is 15.5 Å². The number of aliphatic imine (C=N–C) groups is 1. The summed E-state index contributed by atoms with van der Waals surface area (Å²) >= 11 is 1.68. The molecule has 1 saturated heterocycles. The van der Waals surface area contributed by atoms with E-state index in [9.17, 15) is 4.79 Å². The highest BCUT2D eigenvalue weighted by Crippen LogP contribution is 2.28. The number of thiophene rings is 1. The van der Waals surface area contributed by atoms with Gasteiger partial charge in [-0.25, -0.2) is 9.79 Å². The fraction of sp³-hybridized carbons (Fsp3) is 0.636. The maximum absolute atomic E-state index is 12.2. The zero-order valence-electron chi connectivity index (χ0n) is 19.3. The lowest BCUT2D eigenvalue weighted by molar-refractivity contribution is 0.217. The molecular weight excluding hydrogens is 368 g/mol. The largest absolute Gasteiger partial charge is 0.335 e. The van der Waals surface area contributed by atoms with E-state index in [2.05, 4.69) is 45.9 Å². The molecule has 0 atom stereocenters. The van der Waals surface area contributed by atoms with E-state index in [1.807, 2.05) is 48.5 Å². The molecule has 1 aliphatic heterocycles. The second kappa shape index (κ2) is 14.4. The number of carbonyl (C=O) groups excluding carboxylic acids is 1. The predicted octanol–water partition coefficient (Wildman–Crippen LogP) is 5.67. The molecule has 0 spiro atoms. The van der Waals surface area contributed by atoms with Crippen LogP contribution in [0.5, 0.6) is 0 Å². The first-order valence-electron chi connectivity index (χ1n) is 10.4. The van der Waals surface area contributed by atoms with Gasteiger partial charge in [0.1, 0.15) is 5.84 Å². The Labute approximate surface area is 176 Å². The van der Waals surface area contributed by atoms with Crippen molar-refractivity contribution < 1.29 is 4.79 Å². The highest BCUT2D eigenvalue weighted by atomic mass is 32.1. The van der Waals surface area contributed by atoms with Crippen LogP contribution in [-0.2, 0) is 0 Å². The van der Waals surface area contributed by atoms with Gasteiger partial charge in [-0.05, 0) is 83.3 Å². The Morgan fingerprint density at radius 1 is 1.14 bits per heavy atom. The van der Waals surface area contributed by atoms with Gasteiger partial charge in [0, 0.05) is 6.04 Å². The molecule has 0 aliphatic carbocycles. The van der Waals surface area contributed by atoms with Crippen LogP contribution in [0.3, 0.4) is 0 Å². The molecule has 0 unspecified atom stereocenters. The number of amides is 2. The quantitative estimate of drug-likeness (QED) is 0.500. The van der Waals surface area contributed by atoms with Gasteiger partial charge < -0.3 is 10.2 Å². The smallest absolute Gasteiger partial charge is 0.320 e. The van der Waals surface area contributed by atoms with Gasteiger partial charge in [0.15, 0.2) is 0 Å². The summed E-state index contributed by atoms with van der Waals surface area (Å²) in [5, 5.41) is 7.98. The number of urea groups is 1. The first kappa shape index (κ1) is 26.3. The molecular formula is C22H40N4OS. The maximum atomic E-state index is 12.2. The number of allylic oxidation sites excluding steroid dienone is 1. The molecule has 1 aliphatic rings. The number of piperidine rings is 1. The van der Waals surface area contributed by atoms with Crippen LogP contribution in [0.25, 0.3) is 5.70 Å². The van der Waals surface area contributed by atoms with E-state index in [4.69, 9.17) is 0 Å². The van der Waals surface area contributed by atoms with Crippen LogP contribution in [0.15, 0.2) is 22.0 Å². The van der Waals surface area contributed by atoms with Crippen LogP contribution in [0.1, 0.15) is 71.7 Å². The van der Waals surface area contributed by atoms with E-state index in [1.54, 1.807) is 11.3 Å². The molecule has 1 aromatic heterocycles. The summed E-state index contributed by atoms with van der Waals surface area (Å²) in [6.45, 7) is 18.1. The molecule has 5 nitrogen and oxygen atoms in total. The van der Waals surface area contributed by atoms with Gasteiger partial charge in [-0.15, -0.1) is 11.3 Å². The summed E-state index contributed by atoms with van der Waals surface area (Å²) in [6, 6.07) is 2.17. The second-order valence-corrected chi connectivity index (χ2v) is 7.57. The van der Waals surface area contributed by atoms with Crippen LogP contribution in [0, 0.1) is 6.92 Å². The zero-order chi connectivity index (χ0) is 21.7.